The summed E-state index contributed by atoms with van der Waals surface area (Å²) in [6.07, 6.45) is 3.26. The molecule has 1 aromatic heterocycles. The summed E-state index contributed by atoms with van der Waals surface area (Å²) < 4.78 is 0. The average molecular weight is 381 g/mol. The SMILES string of the molecule is CC12CCC(c3nnc(SCC(=O)N4CCc5ccccc54)nc31)C2(C)C. The number of anilines is 1. The van der Waals surface area contributed by atoms with Crippen molar-refractivity contribution < 1.29 is 4.79 Å². The number of carbonyl (C=O) groups is 1. The van der Waals surface area contributed by atoms with Gasteiger partial charge in [0, 0.05) is 23.6 Å². The van der Waals surface area contributed by atoms with Crippen LogP contribution in [-0.4, -0.2) is 33.4 Å². The largest absolute Gasteiger partial charge is 0.311 e. The highest BCUT2D eigenvalue weighted by molar-refractivity contribution is 7.99. The first-order valence-electron chi connectivity index (χ1n) is 9.68. The minimum atomic E-state index is 0.0656. The highest BCUT2D eigenvalue weighted by Gasteiger charge is 2.61. The summed E-state index contributed by atoms with van der Waals surface area (Å²) in [5.74, 6) is 0.916. The van der Waals surface area contributed by atoms with Crippen LogP contribution in [0, 0.1) is 5.41 Å². The summed E-state index contributed by atoms with van der Waals surface area (Å²) in [4.78, 5) is 19.5. The van der Waals surface area contributed by atoms with Gasteiger partial charge in [-0.25, -0.2) is 4.98 Å². The smallest absolute Gasteiger partial charge is 0.237 e. The average Bonchev–Trinajstić information content (AvgIpc) is 3.24. The monoisotopic (exact) mass is 380 g/mol. The molecule has 5 nitrogen and oxygen atoms in total. The third-order valence-electron chi connectivity index (χ3n) is 7.29. The molecule has 140 valence electrons. The lowest BCUT2D eigenvalue weighted by molar-refractivity contribution is -0.116. The van der Waals surface area contributed by atoms with Crippen molar-refractivity contribution in [2.45, 2.75) is 56.5 Å². The molecular formula is C21H24N4OS. The van der Waals surface area contributed by atoms with Gasteiger partial charge in [0.2, 0.25) is 11.1 Å². The molecule has 2 aromatic rings. The van der Waals surface area contributed by atoms with Crippen LogP contribution >= 0.6 is 11.8 Å². The molecule has 0 saturated heterocycles. The molecule has 2 atom stereocenters. The van der Waals surface area contributed by atoms with E-state index in [1.54, 1.807) is 0 Å². The minimum Gasteiger partial charge on any atom is -0.311 e. The summed E-state index contributed by atoms with van der Waals surface area (Å²) in [6.45, 7) is 7.73. The summed E-state index contributed by atoms with van der Waals surface area (Å²) in [5, 5.41) is 9.50. The lowest BCUT2D eigenvalue weighted by Gasteiger charge is -2.33. The standard InChI is InChI=1S/C21H24N4OS/c1-20(2)14-8-10-21(20,3)18-17(14)23-24-19(22-18)27-12-16(26)25-11-9-13-6-4-5-7-15(13)25/h4-7,14H,8-12H2,1-3H3. The van der Waals surface area contributed by atoms with Gasteiger partial charge in [0.1, 0.15) is 0 Å². The maximum atomic E-state index is 12.7. The number of fused-ring (bicyclic) bond motifs is 6. The Kier molecular flexibility index (Phi) is 3.67. The molecule has 1 saturated carbocycles. The van der Waals surface area contributed by atoms with Crippen LogP contribution in [-0.2, 0) is 16.6 Å². The molecule has 1 fully saturated rings. The Morgan fingerprint density at radius 1 is 1.26 bits per heavy atom. The summed E-state index contributed by atoms with van der Waals surface area (Å²) >= 11 is 1.41. The number of aromatic nitrogens is 3. The molecule has 2 bridgehead atoms. The van der Waals surface area contributed by atoms with Crippen molar-refractivity contribution in [1.82, 2.24) is 15.2 Å². The van der Waals surface area contributed by atoms with E-state index in [4.69, 9.17) is 4.98 Å². The number of thioether (sulfide) groups is 1. The Labute approximate surface area is 164 Å². The predicted octanol–water partition coefficient (Wildman–Crippen LogP) is 3.73. The minimum absolute atomic E-state index is 0.0656. The molecule has 6 heteroatoms. The molecule has 0 radical (unpaired) electrons. The molecule has 2 aliphatic carbocycles. The third-order valence-corrected chi connectivity index (χ3v) is 8.11. The van der Waals surface area contributed by atoms with E-state index >= 15 is 0 Å². The van der Waals surface area contributed by atoms with Gasteiger partial charge in [-0.15, -0.1) is 5.10 Å². The number of hydrogen-bond donors (Lipinski definition) is 0. The van der Waals surface area contributed by atoms with E-state index in [9.17, 15) is 4.79 Å². The fourth-order valence-corrected chi connectivity index (χ4v) is 5.89. The van der Waals surface area contributed by atoms with Gasteiger partial charge < -0.3 is 4.90 Å². The van der Waals surface area contributed by atoms with E-state index in [0.29, 0.717) is 16.8 Å². The van der Waals surface area contributed by atoms with Crippen molar-refractivity contribution in [3.05, 3.63) is 41.2 Å². The van der Waals surface area contributed by atoms with Crippen LogP contribution in [0.2, 0.25) is 0 Å². The lowest BCUT2D eigenvalue weighted by atomic mass is 9.70. The van der Waals surface area contributed by atoms with Gasteiger partial charge >= 0.3 is 0 Å². The van der Waals surface area contributed by atoms with Crippen molar-refractivity contribution in [3.63, 3.8) is 0 Å². The van der Waals surface area contributed by atoms with Crippen molar-refractivity contribution in [2.24, 2.45) is 5.41 Å². The molecule has 1 amide bonds. The van der Waals surface area contributed by atoms with Gasteiger partial charge in [0.25, 0.3) is 0 Å². The number of carbonyl (C=O) groups excluding carboxylic acids is 1. The Hall–Kier alpha value is -1.95. The van der Waals surface area contributed by atoms with Crippen LogP contribution in [0.15, 0.2) is 29.4 Å². The summed E-state index contributed by atoms with van der Waals surface area (Å²) in [6, 6.07) is 8.14. The lowest BCUT2D eigenvalue weighted by Crippen LogP contribution is -2.32. The van der Waals surface area contributed by atoms with Gasteiger partial charge in [-0.1, -0.05) is 50.7 Å². The van der Waals surface area contributed by atoms with Crippen LogP contribution in [0.1, 0.15) is 56.5 Å². The molecule has 2 heterocycles. The molecule has 3 aliphatic rings. The van der Waals surface area contributed by atoms with Gasteiger partial charge in [-0.3, -0.25) is 4.79 Å². The number of para-hydroxylation sites is 1. The molecule has 5 rings (SSSR count). The number of hydrogen-bond acceptors (Lipinski definition) is 5. The highest BCUT2D eigenvalue weighted by Crippen LogP contribution is 2.66. The molecule has 0 N–H and O–H groups in total. The van der Waals surface area contributed by atoms with Crippen molar-refractivity contribution in [1.29, 1.82) is 0 Å². The van der Waals surface area contributed by atoms with Crippen molar-refractivity contribution in [3.8, 4) is 0 Å². The maximum Gasteiger partial charge on any atom is 0.237 e. The zero-order chi connectivity index (χ0) is 18.8. The van der Waals surface area contributed by atoms with Crippen LogP contribution in [0.4, 0.5) is 5.69 Å². The number of nitrogens with zero attached hydrogens (tertiary/aromatic N) is 4. The second-order valence-corrected chi connectivity index (χ2v) is 9.63. The Morgan fingerprint density at radius 2 is 2.07 bits per heavy atom. The predicted molar refractivity (Wildman–Crippen MR) is 106 cm³/mol. The number of amides is 1. The first-order valence-corrected chi connectivity index (χ1v) is 10.7. The quantitative estimate of drug-likeness (QED) is 0.760. The van der Waals surface area contributed by atoms with E-state index in [1.165, 1.54) is 23.7 Å². The van der Waals surface area contributed by atoms with Gasteiger partial charge in [0.05, 0.1) is 17.1 Å². The van der Waals surface area contributed by atoms with Crippen LogP contribution in [0.5, 0.6) is 0 Å². The normalized spacial score (nSPS) is 26.9. The van der Waals surface area contributed by atoms with Gasteiger partial charge in [-0.2, -0.15) is 5.10 Å². The zero-order valence-electron chi connectivity index (χ0n) is 16.0. The van der Waals surface area contributed by atoms with E-state index < -0.39 is 0 Å². The zero-order valence-corrected chi connectivity index (χ0v) is 16.8. The second kappa shape index (κ2) is 5.77. The fourth-order valence-electron chi connectivity index (χ4n) is 5.23. The van der Waals surface area contributed by atoms with E-state index in [1.807, 2.05) is 23.1 Å². The second-order valence-electron chi connectivity index (χ2n) is 8.69. The van der Waals surface area contributed by atoms with Crippen molar-refractivity contribution in [2.75, 3.05) is 17.2 Å². The molecular weight excluding hydrogens is 356 g/mol. The Balaban J connectivity index is 1.33. The van der Waals surface area contributed by atoms with Crippen LogP contribution < -0.4 is 4.90 Å². The first kappa shape index (κ1) is 17.2. The van der Waals surface area contributed by atoms with Crippen LogP contribution in [0.25, 0.3) is 0 Å². The summed E-state index contributed by atoms with van der Waals surface area (Å²) in [5.41, 5.74) is 4.73. The third kappa shape index (κ3) is 2.32. The fraction of sp³-hybridized carbons (Fsp3) is 0.524. The van der Waals surface area contributed by atoms with Gasteiger partial charge in [-0.05, 0) is 36.3 Å². The maximum absolute atomic E-state index is 12.7. The molecule has 2 unspecified atom stereocenters. The molecule has 27 heavy (non-hydrogen) atoms. The number of rotatable bonds is 3. The van der Waals surface area contributed by atoms with E-state index in [2.05, 4.69) is 37.0 Å². The summed E-state index contributed by atoms with van der Waals surface area (Å²) in [7, 11) is 0. The molecule has 1 aliphatic heterocycles. The Morgan fingerprint density at radius 3 is 2.93 bits per heavy atom. The van der Waals surface area contributed by atoms with Gasteiger partial charge in [0.15, 0.2) is 0 Å². The molecule has 1 aromatic carbocycles. The van der Waals surface area contributed by atoms with Crippen LogP contribution in [0.3, 0.4) is 0 Å². The topological polar surface area (TPSA) is 59.0 Å². The van der Waals surface area contributed by atoms with E-state index in [-0.39, 0.29) is 16.7 Å². The molecule has 0 spiro atoms. The highest BCUT2D eigenvalue weighted by atomic mass is 32.2. The number of benzene rings is 1. The Bertz CT molecular complexity index is 944. The van der Waals surface area contributed by atoms with Crippen molar-refractivity contribution >= 4 is 23.4 Å². The van der Waals surface area contributed by atoms with E-state index in [0.717, 1.165) is 36.5 Å². The first-order chi connectivity index (χ1) is 12.9.